The Balaban J connectivity index is 2.48. The molecule has 0 radical (unpaired) electrons. The Bertz CT molecular complexity index is 748. The second kappa shape index (κ2) is 7.59. The van der Waals surface area contributed by atoms with Crippen molar-refractivity contribution < 1.29 is 4.74 Å². The van der Waals surface area contributed by atoms with E-state index in [2.05, 4.69) is 30.4 Å². The van der Waals surface area contributed by atoms with Crippen LogP contribution in [0.25, 0.3) is 0 Å². The van der Waals surface area contributed by atoms with Gasteiger partial charge in [-0.25, -0.2) is 5.10 Å². The quantitative estimate of drug-likeness (QED) is 0.600. The standard InChI is InChI=1S/C12H17N7O2S/c1-3-5-6-19-10(20)8(9(21-4-2)15-12(19)22)16-18-11-13-7-14-17-11/h7H,3-6H2,1-2H3,(H,15,22)(H,13,14,17). The molecule has 2 heterocycles. The Morgan fingerprint density at radius 1 is 1.41 bits per heavy atom. The van der Waals surface area contributed by atoms with Crippen LogP contribution in [0, 0.1) is 4.77 Å². The van der Waals surface area contributed by atoms with Crippen LogP contribution in [0.4, 0.5) is 11.6 Å². The molecule has 0 aliphatic heterocycles. The molecule has 2 N–H and O–H groups in total. The van der Waals surface area contributed by atoms with Crippen LogP contribution < -0.4 is 10.3 Å². The molecule has 0 unspecified atom stereocenters. The summed E-state index contributed by atoms with van der Waals surface area (Å²) < 4.78 is 7.15. The van der Waals surface area contributed by atoms with Crippen LogP contribution in [0.1, 0.15) is 26.7 Å². The van der Waals surface area contributed by atoms with Crippen LogP contribution in [0.15, 0.2) is 21.4 Å². The number of nitrogens with one attached hydrogen (secondary N) is 2. The zero-order valence-electron chi connectivity index (χ0n) is 12.4. The molecule has 0 bridgehead atoms. The van der Waals surface area contributed by atoms with Crippen molar-refractivity contribution in [2.45, 2.75) is 33.2 Å². The third kappa shape index (κ3) is 3.64. The predicted molar refractivity (Wildman–Crippen MR) is 82.5 cm³/mol. The summed E-state index contributed by atoms with van der Waals surface area (Å²) in [6, 6.07) is 0. The van der Waals surface area contributed by atoms with E-state index in [0.717, 1.165) is 12.8 Å². The second-order valence-corrected chi connectivity index (χ2v) is 4.75. The minimum absolute atomic E-state index is 0.0583. The van der Waals surface area contributed by atoms with Crippen molar-refractivity contribution in [2.75, 3.05) is 6.61 Å². The monoisotopic (exact) mass is 323 g/mol. The van der Waals surface area contributed by atoms with E-state index < -0.39 is 0 Å². The molecule has 2 rings (SSSR count). The average molecular weight is 323 g/mol. The number of unbranched alkanes of at least 4 members (excludes halogenated alkanes) is 1. The molecule has 0 saturated carbocycles. The number of rotatable bonds is 7. The Morgan fingerprint density at radius 3 is 2.86 bits per heavy atom. The Labute approximate surface area is 131 Å². The van der Waals surface area contributed by atoms with Gasteiger partial charge in [0.15, 0.2) is 4.77 Å². The van der Waals surface area contributed by atoms with E-state index in [-0.39, 0.29) is 23.1 Å². The molecule has 10 heteroatoms. The number of hydrogen-bond acceptors (Lipinski definition) is 7. The molecule has 22 heavy (non-hydrogen) atoms. The molecule has 2 aromatic heterocycles. The minimum atomic E-state index is -0.344. The maximum Gasteiger partial charge on any atom is 0.286 e. The number of azo groups is 1. The summed E-state index contributed by atoms with van der Waals surface area (Å²) in [6.45, 7) is 4.73. The van der Waals surface area contributed by atoms with Crippen molar-refractivity contribution in [3.05, 3.63) is 21.5 Å². The Kier molecular flexibility index (Phi) is 5.53. The third-order valence-corrected chi connectivity index (χ3v) is 3.12. The van der Waals surface area contributed by atoms with Crippen molar-refractivity contribution in [2.24, 2.45) is 10.2 Å². The fourth-order valence-corrected chi connectivity index (χ4v) is 2.01. The highest BCUT2D eigenvalue weighted by Gasteiger charge is 2.13. The zero-order valence-corrected chi connectivity index (χ0v) is 13.2. The summed E-state index contributed by atoms with van der Waals surface area (Å²) in [4.78, 5) is 19.2. The zero-order chi connectivity index (χ0) is 15.9. The molecule has 0 aliphatic carbocycles. The van der Waals surface area contributed by atoms with Crippen molar-refractivity contribution >= 4 is 23.9 Å². The molecule has 0 saturated heterocycles. The molecule has 0 fully saturated rings. The maximum absolute atomic E-state index is 12.5. The van der Waals surface area contributed by atoms with Gasteiger partial charge in [-0.3, -0.25) is 9.36 Å². The first-order valence-corrected chi connectivity index (χ1v) is 7.35. The summed E-state index contributed by atoms with van der Waals surface area (Å²) in [7, 11) is 0. The smallest absolute Gasteiger partial charge is 0.286 e. The fraction of sp³-hybridized carbons (Fsp3) is 0.500. The second-order valence-electron chi connectivity index (χ2n) is 4.36. The lowest BCUT2D eigenvalue weighted by Gasteiger charge is -2.10. The van der Waals surface area contributed by atoms with E-state index in [9.17, 15) is 4.79 Å². The van der Waals surface area contributed by atoms with Gasteiger partial charge in [0, 0.05) is 6.54 Å². The summed E-state index contributed by atoms with van der Waals surface area (Å²) in [5, 5.41) is 14.0. The van der Waals surface area contributed by atoms with Gasteiger partial charge >= 0.3 is 0 Å². The molecule has 0 aliphatic rings. The van der Waals surface area contributed by atoms with Gasteiger partial charge < -0.3 is 9.72 Å². The van der Waals surface area contributed by atoms with E-state index in [4.69, 9.17) is 17.0 Å². The van der Waals surface area contributed by atoms with Gasteiger partial charge in [-0.1, -0.05) is 13.3 Å². The largest absolute Gasteiger partial charge is 0.478 e. The first kappa shape index (κ1) is 16.0. The van der Waals surface area contributed by atoms with Crippen LogP contribution in [0.2, 0.25) is 0 Å². The van der Waals surface area contributed by atoms with Crippen LogP contribution in [0.3, 0.4) is 0 Å². The minimum Gasteiger partial charge on any atom is -0.478 e. The van der Waals surface area contributed by atoms with Gasteiger partial charge in [-0.2, -0.15) is 10.1 Å². The summed E-state index contributed by atoms with van der Waals surface area (Å²) in [5.41, 5.74) is -0.285. The molecule has 0 aromatic carbocycles. The maximum atomic E-state index is 12.5. The molecule has 0 spiro atoms. The summed E-state index contributed by atoms with van der Waals surface area (Å²) >= 11 is 5.20. The fourth-order valence-electron chi connectivity index (χ4n) is 1.74. The first-order chi connectivity index (χ1) is 10.7. The van der Waals surface area contributed by atoms with Gasteiger partial charge in [0.25, 0.3) is 11.5 Å². The predicted octanol–water partition coefficient (Wildman–Crippen LogP) is 2.64. The highest BCUT2D eigenvalue weighted by Crippen LogP contribution is 2.22. The summed E-state index contributed by atoms with van der Waals surface area (Å²) in [5.74, 6) is 0.401. The molecular formula is C12H17N7O2S. The molecule has 0 amide bonds. The highest BCUT2D eigenvalue weighted by molar-refractivity contribution is 7.71. The molecule has 9 nitrogen and oxygen atoms in total. The van der Waals surface area contributed by atoms with Crippen LogP contribution >= 0.6 is 12.2 Å². The number of aromatic nitrogens is 5. The van der Waals surface area contributed by atoms with Gasteiger partial charge in [0.2, 0.25) is 11.6 Å². The van der Waals surface area contributed by atoms with E-state index in [0.29, 0.717) is 17.9 Å². The summed E-state index contributed by atoms with van der Waals surface area (Å²) in [6.07, 6.45) is 3.09. The topological polar surface area (TPSA) is 113 Å². The van der Waals surface area contributed by atoms with Crippen molar-refractivity contribution in [3.8, 4) is 5.88 Å². The number of H-pyrrole nitrogens is 2. The number of aromatic amines is 2. The SMILES string of the molecule is CCCCn1c(=S)[nH]c(OCC)c(N=Nc2ncn[nH]2)c1=O. The van der Waals surface area contributed by atoms with Crippen molar-refractivity contribution in [1.29, 1.82) is 0 Å². The highest BCUT2D eigenvalue weighted by atomic mass is 32.1. The van der Waals surface area contributed by atoms with E-state index in [1.807, 2.05) is 6.92 Å². The number of hydrogen-bond donors (Lipinski definition) is 2. The van der Waals surface area contributed by atoms with Crippen molar-refractivity contribution in [1.82, 2.24) is 24.7 Å². The Hall–Kier alpha value is -2.36. The first-order valence-electron chi connectivity index (χ1n) is 6.94. The van der Waals surface area contributed by atoms with Crippen LogP contribution in [-0.4, -0.2) is 31.3 Å². The number of nitrogens with zero attached hydrogens (tertiary/aromatic N) is 5. The molecule has 0 atom stereocenters. The molecule has 118 valence electrons. The van der Waals surface area contributed by atoms with E-state index in [1.54, 1.807) is 6.92 Å². The molecule has 2 aromatic rings. The Morgan fingerprint density at radius 2 is 2.23 bits per heavy atom. The van der Waals surface area contributed by atoms with E-state index in [1.165, 1.54) is 10.9 Å². The third-order valence-electron chi connectivity index (χ3n) is 2.80. The van der Waals surface area contributed by atoms with Gasteiger partial charge in [-0.05, 0) is 25.6 Å². The van der Waals surface area contributed by atoms with Gasteiger partial charge in [-0.15, -0.1) is 10.2 Å². The van der Waals surface area contributed by atoms with Gasteiger partial charge in [0.1, 0.15) is 6.33 Å². The normalized spacial score (nSPS) is 11.2. The van der Waals surface area contributed by atoms with Crippen molar-refractivity contribution in [3.63, 3.8) is 0 Å². The lowest BCUT2D eigenvalue weighted by Crippen LogP contribution is -2.22. The molecular weight excluding hydrogens is 306 g/mol. The van der Waals surface area contributed by atoms with Crippen LogP contribution in [-0.2, 0) is 6.54 Å². The lowest BCUT2D eigenvalue weighted by atomic mass is 10.3. The average Bonchev–Trinajstić information content (AvgIpc) is 3.00. The van der Waals surface area contributed by atoms with E-state index >= 15 is 0 Å². The van der Waals surface area contributed by atoms with Crippen LogP contribution in [0.5, 0.6) is 5.88 Å². The van der Waals surface area contributed by atoms with Gasteiger partial charge in [0.05, 0.1) is 6.61 Å². The lowest BCUT2D eigenvalue weighted by molar-refractivity contribution is 0.324. The number of ether oxygens (including phenoxy) is 1.